The number of hydrogen-bond donors (Lipinski definition) is 2. The van der Waals surface area contributed by atoms with Crippen molar-refractivity contribution < 1.29 is 9.32 Å². The molecule has 0 spiro atoms. The monoisotopic (exact) mass is 292 g/mol. The molecule has 2 aromatic heterocycles. The van der Waals surface area contributed by atoms with Crippen LogP contribution in [0.15, 0.2) is 46.6 Å². The molecule has 0 aliphatic heterocycles. The van der Waals surface area contributed by atoms with Gasteiger partial charge in [0.1, 0.15) is 17.4 Å². The van der Waals surface area contributed by atoms with Crippen molar-refractivity contribution in [2.45, 2.75) is 6.92 Å². The van der Waals surface area contributed by atoms with E-state index < -0.39 is 5.91 Å². The lowest BCUT2D eigenvalue weighted by atomic mass is 10.1. The van der Waals surface area contributed by atoms with Crippen molar-refractivity contribution in [3.63, 3.8) is 0 Å². The Labute approximate surface area is 126 Å². The second kappa shape index (κ2) is 5.58. The van der Waals surface area contributed by atoms with Crippen LogP contribution in [-0.2, 0) is 4.79 Å². The van der Waals surface area contributed by atoms with Gasteiger partial charge in [-0.15, -0.1) is 0 Å². The van der Waals surface area contributed by atoms with Crippen molar-refractivity contribution in [3.8, 4) is 6.07 Å². The molecule has 3 rings (SSSR count). The number of benzene rings is 1. The fourth-order valence-electron chi connectivity index (χ4n) is 2.09. The average Bonchev–Trinajstić information content (AvgIpc) is 3.12. The van der Waals surface area contributed by atoms with Gasteiger partial charge in [0, 0.05) is 17.8 Å². The number of carbonyl (C=O) groups is 1. The van der Waals surface area contributed by atoms with E-state index in [4.69, 9.17) is 4.52 Å². The number of aryl methyl sites for hydroxylation is 1. The molecule has 22 heavy (non-hydrogen) atoms. The zero-order chi connectivity index (χ0) is 15.5. The van der Waals surface area contributed by atoms with Crippen LogP contribution < -0.4 is 5.32 Å². The van der Waals surface area contributed by atoms with Crippen LogP contribution in [0.25, 0.3) is 17.0 Å². The number of nitrogens with one attached hydrogen (secondary N) is 2. The summed E-state index contributed by atoms with van der Waals surface area (Å²) in [5.41, 5.74) is 1.77. The molecule has 0 saturated carbocycles. The van der Waals surface area contributed by atoms with E-state index in [1.54, 1.807) is 13.0 Å². The maximum absolute atomic E-state index is 12.1. The Hall–Kier alpha value is -3.33. The minimum atomic E-state index is -0.523. The summed E-state index contributed by atoms with van der Waals surface area (Å²) in [4.78, 5) is 15.2. The molecular weight excluding hydrogens is 280 g/mol. The zero-order valence-corrected chi connectivity index (χ0v) is 11.8. The van der Waals surface area contributed by atoms with Gasteiger partial charge in [-0.2, -0.15) is 5.26 Å². The number of H-pyrrole nitrogens is 1. The molecule has 0 radical (unpaired) electrons. The van der Waals surface area contributed by atoms with E-state index in [0.29, 0.717) is 5.76 Å². The summed E-state index contributed by atoms with van der Waals surface area (Å²) in [5, 5.41) is 16.4. The van der Waals surface area contributed by atoms with Gasteiger partial charge in [0.15, 0.2) is 5.82 Å². The first-order valence-corrected chi connectivity index (χ1v) is 6.59. The Morgan fingerprint density at radius 1 is 1.41 bits per heavy atom. The SMILES string of the molecule is Cc1cc(NC(=O)C(C#N)=Cc2ccc3[nH]ccc3c2)no1. The van der Waals surface area contributed by atoms with E-state index in [-0.39, 0.29) is 11.4 Å². The van der Waals surface area contributed by atoms with E-state index in [1.807, 2.05) is 36.5 Å². The molecule has 108 valence electrons. The molecule has 0 fully saturated rings. The van der Waals surface area contributed by atoms with E-state index in [9.17, 15) is 10.1 Å². The summed E-state index contributed by atoms with van der Waals surface area (Å²) in [6.07, 6.45) is 3.37. The van der Waals surface area contributed by atoms with Gasteiger partial charge in [-0.1, -0.05) is 11.2 Å². The summed E-state index contributed by atoms with van der Waals surface area (Å²) < 4.78 is 4.87. The smallest absolute Gasteiger partial charge is 0.267 e. The molecule has 2 heterocycles. The first-order valence-electron chi connectivity index (χ1n) is 6.59. The van der Waals surface area contributed by atoms with Crippen molar-refractivity contribution >= 4 is 28.7 Å². The minimum absolute atomic E-state index is 0.00413. The number of rotatable bonds is 3. The maximum Gasteiger partial charge on any atom is 0.267 e. The molecule has 3 aromatic rings. The molecular formula is C16H12N4O2. The lowest BCUT2D eigenvalue weighted by molar-refractivity contribution is -0.112. The molecule has 0 unspecified atom stereocenters. The van der Waals surface area contributed by atoms with E-state index in [1.165, 1.54) is 6.08 Å². The lowest BCUT2D eigenvalue weighted by Crippen LogP contribution is -2.13. The van der Waals surface area contributed by atoms with Crippen LogP contribution in [-0.4, -0.2) is 16.0 Å². The number of nitriles is 1. The third-order valence-electron chi connectivity index (χ3n) is 3.12. The van der Waals surface area contributed by atoms with Crippen molar-refractivity contribution in [1.29, 1.82) is 5.26 Å². The van der Waals surface area contributed by atoms with Crippen molar-refractivity contribution in [2.24, 2.45) is 0 Å². The Kier molecular flexibility index (Phi) is 3.46. The Balaban J connectivity index is 1.85. The molecule has 0 aliphatic rings. The van der Waals surface area contributed by atoms with Crippen molar-refractivity contribution in [3.05, 3.63) is 53.4 Å². The number of aromatic amines is 1. The molecule has 0 saturated heterocycles. The second-order valence-electron chi connectivity index (χ2n) is 4.77. The predicted octanol–water partition coefficient (Wildman–Crippen LogP) is 3.01. The summed E-state index contributed by atoms with van der Waals surface area (Å²) >= 11 is 0. The van der Waals surface area contributed by atoms with Gasteiger partial charge in [0.2, 0.25) is 0 Å². The van der Waals surface area contributed by atoms with Crippen molar-refractivity contribution in [1.82, 2.24) is 10.1 Å². The van der Waals surface area contributed by atoms with Gasteiger partial charge in [-0.3, -0.25) is 4.79 Å². The summed E-state index contributed by atoms with van der Waals surface area (Å²) in [5.74, 6) is 0.338. The van der Waals surface area contributed by atoms with Crippen LogP contribution in [0.5, 0.6) is 0 Å². The highest BCUT2D eigenvalue weighted by molar-refractivity contribution is 6.09. The quantitative estimate of drug-likeness (QED) is 0.573. The standard InChI is InChI=1S/C16H12N4O2/c1-10-6-15(20-22-10)19-16(21)13(9-17)8-11-2-3-14-12(7-11)4-5-18-14/h2-8,18H,1H3,(H,19,20,21). The second-order valence-corrected chi connectivity index (χ2v) is 4.77. The predicted molar refractivity (Wildman–Crippen MR) is 81.8 cm³/mol. The summed E-state index contributed by atoms with van der Waals surface area (Å²) in [6, 6.07) is 11.0. The number of amides is 1. The molecule has 6 nitrogen and oxygen atoms in total. The minimum Gasteiger partial charge on any atom is -0.361 e. The van der Waals surface area contributed by atoms with Gasteiger partial charge in [0.05, 0.1) is 0 Å². The molecule has 1 aromatic carbocycles. The topological polar surface area (TPSA) is 94.7 Å². The largest absolute Gasteiger partial charge is 0.361 e. The lowest BCUT2D eigenvalue weighted by Gasteiger charge is -2.00. The van der Waals surface area contributed by atoms with Gasteiger partial charge in [0.25, 0.3) is 5.91 Å². The van der Waals surface area contributed by atoms with E-state index in [2.05, 4.69) is 15.5 Å². The number of fused-ring (bicyclic) bond motifs is 1. The number of nitrogens with zero attached hydrogens (tertiary/aromatic N) is 2. The molecule has 6 heteroatoms. The van der Waals surface area contributed by atoms with Gasteiger partial charge >= 0.3 is 0 Å². The van der Waals surface area contributed by atoms with E-state index in [0.717, 1.165) is 16.5 Å². The Morgan fingerprint density at radius 2 is 2.27 bits per heavy atom. The summed E-state index contributed by atoms with van der Waals surface area (Å²) in [7, 11) is 0. The zero-order valence-electron chi connectivity index (χ0n) is 11.8. The number of aromatic nitrogens is 2. The fraction of sp³-hybridized carbons (Fsp3) is 0.0625. The van der Waals surface area contributed by atoms with Gasteiger partial charge in [-0.05, 0) is 42.1 Å². The van der Waals surface area contributed by atoms with E-state index >= 15 is 0 Å². The van der Waals surface area contributed by atoms with Gasteiger partial charge in [-0.25, -0.2) is 0 Å². The third kappa shape index (κ3) is 2.74. The van der Waals surface area contributed by atoms with Crippen LogP contribution in [0.3, 0.4) is 0 Å². The molecule has 2 N–H and O–H groups in total. The average molecular weight is 292 g/mol. The van der Waals surface area contributed by atoms with Gasteiger partial charge < -0.3 is 14.8 Å². The highest BCUT2D eigenvalue weighted by Crippen LogP contribution is 2.17. The van der Waals surface area contributed by atoms with Crippen LogP contribution in [0.1, 0.15) is 11.3 Å². The normalized spacial score (nSPS) is 11.4. The highest BCUT2D eigenvalue weighted by Gasteiger charge is 2.11. The first-order chi connectivity index (χ1) is 10.7. The first kappa shape index (κ1) is 13.6. The Morgan fingerprint density at radius 3 is 3.00 bits per heavy atom. The van der Waals surface area contributed by atoms with Crippen LogP contribution in [0, 0.1) is 18.3 Å². The number of hydrogen-bond acceptors (Lipinski definition) is 4. The van der Waals surface area contributed by atoms with Crippen LogP contribution in [0.4, 0.5) is 5.82 Å². The summed E-state index contributed by atoms with van der Waals surface area (Å²) in [6.45, 7) is 1.72. The molecule has 0 aliphatic carbocycles. The maximum atomic E-state index is 12.1. The molecule has 0 atom stereocenters. The number of carbonyl (C=O) groups excluding carboxylic acids is 1. The van der Waals surface area contributed by atoms with Crippen molar-refractivity contribution in [2.75, 3.05) is 5.32 Å². The van der Waals surface area contributed by atoms with Crippen LogP contribution >= 0.6 is 0 Å². The number of anilines is 1. The molecule has 1 amide bonds. The molecule has 0 bridgehead atoms. The Bertz CT molecular complexity index is 912. The fourth-order valence-corrected chi connectivity index (χ4v) is 2.09. The third-order valence-corrected chi connectivity index (χ3v) is 3.12. The highest BCUT2D eigenvalue weighted by atomic mass is 16.5. The van der Waals surface area contributed by atoms with Crippen LogP contribution in [0.2, 0.25) is 0 Å².